The van der Waals surface area contributed by atoms with Crippen molar-refractivity contribution in [2.75, 3.05) is 0 Å². The number of amides is 2. The van der Waals surface area contributed by atoms with E-state index in [-0.39, 0.29) is 18.4 Å². The van der Waals surface area contributed by atoms with Crippen molar-refractivity contribution in [2.24, 2.45) is 5.73 Å². The number of hydrogen-bond acceptors (Lipinski definition) is 4. The molecule has 0 radical (unpaired) electrons. The maximum atomic E-state index is 11.8. The fourth-order valence-electron chi connectivity index (χ4n) is 1.31. The number of aromatic nitrogens is 1. The molecule has 7 nitrogen and oxygen atoms in total. The molecule has 0 spiro atoms. The van der Waals surface area contributed by atoms with E-state index >= 15 is 0 Å². The first-order valence-electron chi connectivity index (χ1n) is 5.33. The van der Waals surface area contributed by atoms with Gasteiger partial charge in [0.25, 0.3) is 5.91 Å². The third-order valence-corrected chi connectivity index (χ3v) is 2.75. The Morgan fingerprint density at radius 1 is 1.42 bits per heavy atom. The molecular weight excluding hydrogens is 318 g/mol. The number of carbonyl (C=O) groups excluding carboxylic acids is 2. The summed E-state index contributed by atoms with van der Waals surface area (Å²) in [5, 5.41) is 10.9. The topological polar surface area (TPSA) is 122 Å². The van der Waals surface area contributed by atoms with Crippen LogP contribution in [0.3, 0.4) is 0 Å². The first kappa shape index (κ1) is 15.1. The lowest BCUT2D eigenvalue weighted by molar-refractivity contribution is -0.137. The number of carboxylic acids is 1. The van der Waals surface area contributed by atoms with Crippen LogP contribution in [0.1, 0.15) is 23.2 Å². The van der Waals surface area contributed by atoms with Crippen LogP contribution in [0.25, 0.3) is 0 Å². The van der Waals surface area contributed by atoms with Crippen LogP contribution < -0.4 is 11.1 Å². The zero-order chi connectivity index (χ0) is 14.4. The van der Waals surface area contributed by atoms with E-state index in [0.29, 0.717) is 4.60 Å². The van der Waals surface area contributed by atoms with Gasteiger partial charge in [-0.3, -0.25) is 14.4 Å². The van der Waals surface area contributed by atoms with Gasteiger partial charge in [0.1, 0.15) is 10.6 Å². The number of nitrogens with one attached hydrogen (secondary N) is 1. The number of nitrogens with zero attached hydrogens (tertiary/aromatic N) is 1. The van der Waals surface area contributed by atoms with Gasteiger partial charge in [0.05, 0.1) is 5.56 Å². The number of rotatable bonds is 6. The number of carboxylic acid groups (broad SMARTS) is 1. The number of aliphatic carboxylic acids is 1. The third-order valence-electron chi connectivity index (χ3n) is 2.29. The summed E-state index contributed by atoms with van der Waals surface area (Å²) in [6.07, 6.45) is 1.02. The van der Waals surface area contributed by atoms with Gasteiger partial charge in [0.2, 0.25) is 5.91 Å². The Labute approximate surface area is 117 Å². The molecule has 0 aliphatic heterocycles. The van der Waals surface area contributed by atoms with Gasteiger partial charge in [-0.15, -0.1) is 0 Å². The summed E-state index contributed by atoms with van der Waals surface area (Å²) >= 11 is 3.13. The number of nitrogens with two attached hydrogens (primary N) is 1. The molecular formula is C11H12BrN3O4. The van der Waals surface area contributed by atoms with Crippen molar-refractivity contribution in [1.82, 2.24) is 10.3 Å². The van der Waals surface area contributed by atoms with Crippen LogP contribution in [0.5, 0.6) is 0 Å². The second kappa shape index (κ2) is 6.83. The normalized spacial score (nSPS) is 11.6. The molecule has 1 heterocycles. The van der Waals surface area contributed by atoms with E-state index in [0.717, 1.165) is 0 Å². The molecule has 1 rings (SSSR count). The predicted octanol–water partition coefficient (Wildman–Crippen LogP) is 0.293. The maximum Gasteiger partial charge on any atom is 0.303 e. The molecule has 1 atom stereocenters. The summed E-state index contributed by atoms with van der Waals surface area (Å²) in [6, 6.07) is 2.07. The molecule has 2 amide bonds. The Hall–Kier alpha value is -1.96. The van der Waals surface area contributed by atoms with E-state index < -0.39 is 23.8 Å². The minimum Gasteiger partial charge on any atom is -0.481 e. The number of halogens is 1. The predicted molar refractivity (Wildman–Crippen MR) is 69.3 cm³/mol. The number of carbonyl (C=O) groups is 3. The zero-order valence-electron chi connectivity index (χ0n) is 9.80. The van der Waals surface area contributed by atoms with E-state index in [4.69, 9.17) is 10.8 Å². The first-order valence-corrected chi connectivity index (χ1v) is 6.13. The van der Waals surface area contributed by atoms with Crippen LogP contribution >= 0.6 is 15.9 Å². The molecule has 0 aliphatic rings. The largest absolute Gasteiger partial charge is 0.481 e. The lowest BCUT2D eigenvalue weighted by Crippen LogP contribution is -2.44. The Bertz CT molecular complexity index is 489. The molecule has 0 saturated heterocycles. The van der Waals surface area contributed by atoms with E-state index in [2.05, 4.69) is 26.2 Å². The average molecular weight is 330 g/mol. The quantitative estimate of drug-likeness (QED) is 0.647. The molecule has 8 heteroatoms. The van der Waals surface area contributed by atoms with Crippen LogP contribution in [0.2, 0.25) is 0 Å². The number of primary amides is 1. The summed E-state index contributed by atoms with van der Waals surface area (Å²) in [6.45, 7) is 0. The van der Waals surface area contributed by atoms with Crippen molar-refractivity contribution in [2.45, 2.75) is 18.9 Å². The fourth-order valence-corrected chi connectivity index (χ4v) is 1.54. The highest BCUT2D eigenvalue weighted by Crippen LogP contribution is 2.07. The Balaban J connectivity index is 2.68. The molecule has 19 heavy (non-hydrogen) atoms. The van der Waals surface area contributed by atoms with Crippen LogP contribution in [0.4, 0.5) is 0 Å². The summed E-state index contributed by atoms with van der Waals surface area (Å²) in [7, 11) is 0. The van der Waals surface area contributed by atoms with Crippen molar-refractivity contribution < 1.29 is 19.5 Å². The Morgan fingerprint density at radius 3 is 2.58 bits per heavy atom. The SMILES string of the molecule is NC(=O)[C@H](CCC(=O)O)NC(=O)c1ccc(Br)nc1. The Morgan fingerprint density at radius 2 is 2.11 bits per heavy atom. The molecule has 4 N–H and O–H groups in total. The van der Waals surface area contributed by atoms with Crippen LogP contribution in [-0.4, -0.2) is 33.9 Å². The fraction of sp³-hybridized carbons (Fsp3) is 0.273. The van der Waals surface area contributed by atoms with Gasteiger partial charge >= 0.3 is 5.97 Å². The molecule has 0 fully saturated rings. The van der Waals surface area contributed by atoms with Crippen molar-refractivity contribution in [3.63, 3.8) is 0 Å². The van der Waals surface area contributed by atoms with E-state index in [1.807, 2.05) is 0 Å². The van der Waals surface area contributed by atoms with Gasteiger partial charge in [0.15, 0.2) is 0 Å². The summed E-state index contributed by atoms with van der Waals surface area (Å²) in [5.41, 5.74) is 5.36. The molecule has 0 saturated carbocycles. The minimum atomic E-state index is -1.06. The molecule has 0 aromatic carbocycles. The third kappa shape index (κ3) is 5.04. The van der Waals surface area contributed by atoms with Gasteiger partial charge in [0, 0.05) is 12.6 Å². The van der Waals surface area contributed by atoms with Gasteiger partial charge in [-0.1, -0.05) is 0 Å². The van der Waals surface area contributed by atoms with E-state index in [9.17, 15) is 14.4 Å². The minimum absolute atomic E-state index is 0.0552. The average Bonchev–Trinajstić information content (AvgIpc) is 2.34. The molecule has 1 aromatic heterocycles. The molecule has 0 aliphatic carbocycles. The summed E-state index contributed by atoms with van der Waals surface area (Å²) in [4.78, 5) is 37.2. The van der Waals surface area contributed by atoms with Gasteiger partial charge in [-0.2, -0.15) is 0 Å². The number of pyridine rings is 1. The lowest BCUT2D eigenvalue weighted by Gasteiger charge is -2.14. The standard InChI is InChI=1S/C11H12BrN3O4/c12-8-3-1-6(5-14-8)11(19)15-7(10(13)18)2-4-9(16)17/h1,3,5,7H,2,4H2,(H2,13,18)(H,15,19)(H,16,17)/t7-/m0/s1. The van der Waals surface area contributed by atoms with Crippen molar-refractivity contribution >= 4 is 33.7 Å². The first-order chi connectivity index (χ1) is 8.90. The molecule has 102 valence electrons. The zero-order valence-corrected chi connectivity index (χ0v) is 11.4. The van der Waals surface area contributed by atoms with Crippen molar-refractivity contribution in [1.29, 1.82) is 0 Å². The lowest BCUT2D eigenvalue weighted by atomic mass is 10.1. The second-order valence-electron chi connectivity index (χ2n) is 3.73. The second-order valence-corrected chi connectivity index (χ2v) is 4.54. The summed E-state index contributed by atoms with van der Waals surface area (Å²) < 4.78 is 0.571. The highest BCUT2D eigenvalue weighted by molar-refractivity contribution is 9.10. The van der Waals surface area contributed by atoms with Crippen LogP contribution in [0.15, 0.2) is 22.9 Å². The van der Waals surface area contributed by atoms with Gasteiger partial charge in [-0.05, 0) is 34.5 Å². The van der Waals surface area contributed by atoms with Crippen molar-refractivity contribution in [3.05, 3.63) is 28.5 Å². The smallest absolute Gasteiger partial charge is 0.303 e. The van der Waals surface area contributed by atoms with E-state index in [1.165, 1.54) is 12.3 Å². The maximum absolute atomic E-state index is 11.8. The number of hydrogen-bond donors (Lipinski definition) is 3. The van der Waals surface area contributed by atoms with Crippen LogP contribution in [-0.2, 0) is 9.59 Å². The summed E-state index contributed by atoms with van der Waals surface area (Å²) in [5.74, 6) is -2.38. The Kier molecular flexibility index (Phi) is 5.43. The molecule has 0 unspecified atom stereocenters. The monoisotopic (exact) mass is 329 g/mol. The van der Waals surface area contributed by atoms with Crippen molar-refractivity contribution in [3.8, 4) is 0 Å². The van der Waals surface area contributed by atoms with Crippen LogP contribution in [0, 0.1) is 0 Å². The van der Waals surface area contributed by atoms with Gasteiger partial charge < -0.3 is 16.2 Å². The van der Waals surface area contributed by atoms with E-state index in [1.54, 1.807) is 6.07 Å². The highest BCUT2D eigenvalue weighted by atomic mass is 79.9. The molecule has 1 aromatic rings. The van der Waals surface area contributed by atoms with Gasteiger partial charge in [-0.25, -0.2) is 4.98 Å². The highest BCUT2D eigenvalue weighted by Gasteiger charge is 2.20. The molecule has 0 bridgehead atoms.